The maximum absolute atomic E-state index is 14.6. The highest BCUT2D eigenvalue weighted by Gasteiger charge is 2.24. The zero-order valence-corrected chi connectivity index (χ0v) is 18.2. The maximum Gasteiger partial charge on any atom is 0.202 e. The summed E-state index contributed by atoms with van der Waals surface area (Å²) in [5.41, 5.74) is 8.19. The van der Waals surface area contributed by atoms with E-state index >= 15 is 0 Å². The highest BCUT2D eigenvalue weighted by atomic mass is 32.1. The Balaban J connectivity index is 1.72. The monoisotopic (exact) mass is 459 g/mol. The highest BCUT2D eigenvalue weighted by Crippen LogP contribution is 2.34. The Bertz CT molecular complexity index is 1160. The van der Waals surface area contributed by atoms with Gasteiger partial charge in [-0.3, -0.25) is 5.01 Å². The number of nitrogens with zero attached hydrogens (tertiary/aromatic N) is 3. The summed E-state index contributed by atoms with van der Waals surface area (Å²) in [6.07, 6.45) is 3.57. The van der Waals surface area contributed by atoms with Crippen molar-refractivity contribution in [3.63, 3.8) is 0 Å². The number of rotatable bonds is 4. The first-order valence-electron chi connectivity index (χ1n) is 9.87. The highest BCUT2D eigenvalue weighted by molar-refractivity contribution is 7.15. The topological polar surface area (TPSA) is 128 Å². The molecule has 0 saturated carbocycles. The van der Waals surface area contributed by atoms with Gasteiger partial charge in [0.25, 0.3) is 0 Å². The van der Waals surface area contributed by atoms with E-state index in [4.69, 9.17) is 22.2 Å². The van der Waals surface area contributed by atoms with Gasteiger partial charge < -0.3 is 21.6 Å². The van der Waals surface area contributed by atoms with Crippen LogP contribution in [0, 0.1) is 11.6 Å². The number of pyridine rings is 1. The molecule has 32 heavy (non-hydrogen) atoms. The molecule has 0 unspecified atom stereocenters. The van der Waals surface area contributed by atoms with Crippen molar-refractivity contribution in [1.29, 1.82) is 0 Å². The molecule has 0 saturated heterocycles. The molecule has 0 amide bonds. The van der Waals surface area contributed by atoms with Crippen molar-refractivity contribution < 1.29 is 13.5 Å². The van der Waals surface area contributed by atoms with Gasteiger partial charge in [-0.25, -0.2) is 15.2 Å². The fourth-order valence-corrected chi connectivity index (χ4v) is 4.80. The Morgan fingerprint density at radius 1 is 1.22 bits per heavy atom. The van der Waals surface area contributed by atoms with E-state index in [-0.39, 0.29) is 23.1 Å². The summed E-state index contributed by atoms with van der Waals surface area (Å²) < 4.78 is 33.6. The molecule has 0 aliphatic carbocycles. The molecule has 0 bridgehead atoms. The van der Waals surface area contributed by atoms with Crippen LogP contribution in [-0.2, 0) is 12.8 Å². The standard InChI is InChI=1S/C21H23F2N7OS/c1-31-15-3-2-14(18(22)19(15)23)30(26)21(29-25)13-8-12(10-28-20(13)24)17-9-11-4-6-27-7-5-16(11)32-17/h2-3,8-10,27H,4-7,25-26H2,1H3,(H2,24,28)/b29-21-. The number of nitrogens with two attached hydrogens (primary N) is 3. The predicted molar refractivity (Wildman–Crippen MR) is 123 cm³/mol. The first-order chi connectivity index (χ1) is 15.4. The number of nitrogens with one attached hydrogen (secondary N) is 1. The molecule has 0 radical (unpaired) electrons. The summed E-state index contributed by atoms with van der Waals surface area (Å²) in [6.45, 7) is 1.87. The van der Waals surface area contributed by atoms with Crippen LogP contribution in [0.4, 0.5) is 20.3 Å². The second-order valence-electron chi connectivity index (χ2n) is 7.20. The molecule has 8 nitrogen and oxygen atoms in total. The molecule has 4 rings (SSSR count). The van der Waals surface area contributed by atoms with Crippen LogP contribution in [0.3, 0.4) is 0 Å². The molecule has 1 aliphatic heterocycles. The number of ether oxygens (including phenoxy) is 1. The Morgan fingerprint density at radius 2 is 2.00 bits per heavy atom. The lowest BCUT2D eigenvalue weighted by Gasteiger charge is -2.22. The average molecular weight is 460 g/mol. The number of aromatic nitrogens is 1. The quantitative estimate of drug-likeness (QED) is 0.204. The Labute approximate surface area is 187 Å². The van der Waals surface area contributed by atoms with Gasteiger partial charge in [-0.1, -0.05) is 0 Å². The van der Waals surface area contributed by atoms with Crippen LogP contribution in [0.15, 0.2) is 35.6 Å². The van der Waals surface area contributed by atoms with Crippen LogP contribution < -0.4 is 32.5 Å². The average Bonchev–Trinajstić information content (AvgIpc) is 3.07. The van der Waals surface area contributed by atoms with Crippen molar-refractivity contribution in [1.82, 2.24) is 10.3 Å². The van der Waals surface area contributed by atoms with Gasteiger partial charge in [-0.05, 0) is 55.8 Å². The van der Waals surface area contributed by atoms with Crippen molar-refractivity contribution in [3.05, 3.63) is 58.1 Å². The number of halogens is 2. The summed E-state index contributed by atoms with van der Waals surface area (Å²) in [5.74, 6) is 9.07. The summed E-state index contributed by atoms with van der Waals surface area (Å²) in [7, 11) is 1.24. The van der Waals surface area contributed by atoms with Crippen molar-refractivity contribution in [3.8, 4) is 16.2 Å². The van der Waals surface area contributed by atoms with E-state index in [9.17, 15) is 8.78 Å². The number of anilines is 2. The normalized spacial score (nSPS) is 14.1. The number of fused-ring (bicyclic) bond motifs is 1. The lowest BCUT2D eigenvalue weighted by Crippen LogP contribution is -2.40. The Morgan fingerprint density at radius 3 is 2.75 bits per heavy atom. The minimum atomic E-state index is -1.20. The SMILES string of the molecule is COc1ccc(N(N)/C(=N\N)c2cc(-c3cc4c(s3)CCNCC4)cnc2N)c(F)c1F. The van der Waals surface area contributed by atoms with Gasteiger partial charge in [-0.15, -0.1) is 11.3 Å². The minimum Gasteiger partial charge on any atom is -0.494 e. The number of amidine groups is 1. The number of hydrazine groups is 1. The Hall–Kier alpha value is -3.28. The first-order valence-corrected chi connectivity index (χ1v) is 10.7. The van der Waals surface area contributed by atoms with Gasteiger partial charge in [0.15, 0.2) is 17.4 Å². The maximum atomic E-state index is 14.6. The second kappa shape index (κ2) is 9.07. The molecule has 2 aromatic heterocycles. The van der Waals surface area contributed by atoms with Crippen LogP contribution in [0.5, 0.6) is 5.75 Å². The largest absolute Gasteiger partial charge is 0.494 e. The van der Waals surface area contributed by atoms with Crippen LogP contribution in [0.2, 0.25) is 0 Å². The van der Waals surface area contributed by atoms with E-state index in [1.807, 2.05) is 0 Å². The van der Waals surface area contributed by atoms with Gasteiger partial charge in [0.05, 0.1) is 18.4 Å². The fourth-order valence-electron chi connectivity index (χ4n) is 3.61. The minimum absolute atomic E-state index is 0.0670. The van der Waals surface area contributed by atoms with Gasteiger partial charge in [0, 0.05) is 21.5 Å². The van der Waals surface area contributed by atoms with E-state index in [0.717, 1.165) is 41.4 Å². The number of hydrazone groups is 1. The number of hydrogen-bond acceptors (Lipinski definition) is 8. The second-order valence-corrected chi connectivity index (χ2v) is 8.34. The molecule has 3 aromatic rings. The van der Waals surface area contributed by atoms with E-state index < -0.39 is 11.6 Å². The van der Waals surface area contributed by atoms with Crippen molar-refractivity contribution in [2.75, 3.05) is 30.9 Å². The third kappa shape index (κ3) is 3.97. The predicted octanol–water partition coefficient (Wildman–Crippen LogP) is 2.37. The summed E-state index contributed by atoms with van der Waals surface area (Å²) in [6, 6.07) is 6.41. The third-order valence-corrected chi connectivity index (χ3v) is 6.58. The van der Waals surface area contributed by atoms with Gasteiger partial charge in [0.2, 0.25) is 5.82 Å². The van der Waals surface area contributed by atoms with Crippen molar-refractivity contribution in [2.45, 2.75) is 12.8 Å². The zero-order chi connectivity index (χ0) is 22.8. The third-order valence-electron chi connectivity index (χ3n) is 5.30. The zero-order valence-electron chi connectivity index (χ0n) is 17.4. The van der Waals surface area contributed by atoms with E-state index in [1.165, 1.54) is 29.7 Å². The van der Waals surface area contributed by atoms with E-state index in [0.29, 0.717) is 5.56 Å². The smallest absolute Gasteiger partial charge is 0.202 e. The summed E-state index contributed by atoms with van der Waals surface area (Å²) >= 11 is 1.69. The molecule has 11 heteroatoms. The van der Waals surface area contributed by atoms with E-state index in [2.05, 4.69) is 21.5 Å². The van der Waals surface area contributed by atoms with Crippen LogP contribution in [0.25, 0.3) is 10.4 Å². The molecule has 1 aromatic carbocycles. The Kier molecular flexibility index (Phi) is 6.21. The summed E-state index contributed by atoms with van der Waals surface area (Å²) in [4.78, 5) is 6.60. The number of nitrogen functional groups attached to an aromatic ring is 1. The summed E-state index contributed by atoms with van der Waals surface area (Å²) in [5, 5.41) is 7.92. The molecule has 7 N–H and O–H groups in total. The van der Waals surface area contributed by atoms with Gasteiger partial charge >= 0.3 is 0 Å². The van der Waals surface area contributed by atoms with Crippen LogP contribution in [0.1, 0.15) is 16.0 Å². The number of benzene rings is 1. The van der Waals surface area contributed by atoms with E-state index in [1.54, 1.807) is 23.6 Å². The molecule has 0 atom stereocenters. The molecule has 0 fully saturated rings. The lowest BCUT2D eigenvalue weighted by molar-refractivity contribution is 0.372. The van der Waals surface area contributed by atoms with Gasteiger partial charge in [-0.2, -0.15) is 9.49 Å². The molecular formula is C21H23F2N7OS. The lowest BCUT2D eigenvalue weighted by atomic mass is 10.1. The fraction of sp³-hybridized carbons (Fsp3) is 0.238. The van der Waals surface area contributed by atoms with Crippen molar-refractivity contribution >= 4 is 28.7 Å². The number of hydrogen-bond donors (Lipinski definition) is 4. The van der Waals surface area contributed by atoms with Crippen LogP contribution >= 0.6 is 11.3 Å². The van der Waals surface area contributed by atoms with Crippen molar-refractivity contribution in [2.24, 2.45) is 16.8 Å². The molecule has 0 spiro atoms. The molecule has 3 heterocycles. The number of methoxy groups -OCH3 is 1. The number of thiophene rings is 1. The molecule has 168 valence electrons. The molecular weight excluding hydrogens is 436 g/mol. The first kappa shape index (κ1) is 21.9. The van der Waals surface area contributed by atoms with Crippen LogP contribution in [-0.4, -0.2) is 31.0 Å². The molecule has 1 aliphatic rings. The van der Waals surface area contributed by atoms with Gasteiger partial charge in [0.1, 0.15) is 5.82 Å².